The van der Waals surface area contributed by atoms with E-state index in [2.05, 4.69) is 15.0 Å². The standard InChI is InChI=1S/C15H14ClFN4O2S/c16-11-2-1-10(7-12(11)17)9-23-15-19-21-13(8-18-14(21)24-15)20-3-5-22-6-4-20/h1-2,7-8H,3-6,9H2. The minimum atomic E-state index is -0.457. The Labute approximate surface area is 146 Å². The maximum absolute atomic E-state index is 13.5. The predicted octanol–water partition coefficient (Wildman–Crippen LogP) is 3.00. The number of morpholine rings is 1. The highest BCUT2D eigenvalue weighted by molar-refractivity contribution is 7.18. The molecular formula is C15H14ClFN4O2S. The van der Waals surface area contributed by atoms with Crippen molar-refractivity contribution < 1.29 is 13.9 Å². The second-order valence-corrected chi connectivity index (χ2v) is 6.64. The van der Waals surface area contributed by atoms with E-state index in [1.54, 1.807) is 10.6 Å². The molecule has 4 rings (SSSR count). The van der Waals surface area contributed by atoms with Gasteiger partial charge in [0.25, 0.3) is 5.19 Å². The molecule has 3 heterocycles. The van der Waals surface area contributed by atoms with Gasteiger partial charge in [0.1, 0.15) is 12.4 Å². The van der Waals surface area contributed by atoms with Crippen molar-refractivity contribution in [2.45, 2.75) is 6.61 Å². The van der Waals surface area contributed by atoms with Crippen LogP contribution in [0.3, 0.4) is 0 Å². The van der Waals surface area contributed by atoms with Crippen LogP contribution in [-0.2, 0) is 11.3 Å². The number of nitrogens with zero attached hydrogens (tertiary/aromatic N) is 4. The molecular weight excluding hydrogens is 355 g/mol. The fraction of sp³-hybridized carbons (Fsp3) is 0.333. The normalized spacial score (nSPS) is 15.2. The lowest BCUT2D eigenvalue weighted by Crippen LogP contribution is -2.37. The van der Waals surface area contributed by atoms with Crippen molar-refractivity contribution in [3.05, 3.63) is 40.8 Å². The van der Waals surface area contributed by atoms with E-state index in [0.29, 0.717) is 24.0 Å². The van der Waals surface area contributed by atoms with Crippen LogP contribution < -0.4 is 9.64 Å². The molecule has 0 spiro atoms. The van der Waals surface area contributed by atoms with E-state index in [9.17, 15) is 4.39 Å². The molecule has 6 nitrogen and oxygen atoms in total. The fourth-order valence-corrected chi connectivity index (χ4v) is 3.35. The predicted molar refractivity (Wildman–Crippen MR) is 89.6 cm³/mol. The first kappa shape index (κ1) is 15.6. The Morgan fingerprint density at radius 3 is 2.96 bits per heavy atom. The van der Waals surface area contributed by atoms with E-state index in [4.69, 9.17) is 21.1 Å². The molecule has 126 valence electrons. The summed E-state index contributed by atoms with van der Waals surface area (Å²) in [5.74, 6) is 0.471. The average molecular weight is 369 g/mol. The van der Waals surface area contributed by atoms with Crippen LogP contribution in [0, 0.1) is 5.82 Å². The Balaban J connectivity index is 1.50. The number of benzene rings is 1. The first-order valence-electron chi connectivity index (χ1n) is 7.45. The zero-order valence-corrected chi connectivity index (χ0v) is 14.2. The third-order valence-electron chi connectivity index (χ3n) is 3.73. The Bertz CT molecular complexity index is 862. The van der Waals surface area contributed by atoms with Gasteiger partial charge in [-0.05, 0) is 29.0 Å². The lowest BCUT2D eigenvalue weighted by atomic mass is 10.2. The van der Waals surface area contributed by atoms with Gasteiger partial charge in [0.15, 0.2) is 5.82 Å². The Hall–Kier alpha value is -1.90. The molecule has 1 aliphatic heterocycles. The van der Waals surface area contributed by atoms with Crippen LogP contribution >= 0.6 is 22.9 Å². The first-order valence-corrected chi connectivity index (χ1v) is 8.64. The van der Waals surface area contributed by atoms with Gasteiger partial charge in [0.2, 0.25) is 4.96 Å². The first-order chi connectivity index (χ1) is 11.7. The van der Waals surface area contributed by atoms with Gasteiger partial charge in [-0.1, -0.05) is 17.7 Å². The highest BCUT2D eigenvalue weighted by Crippen LogP contribution is 2.27. The van der Waals surface area contributed by atoms with Gasteiger partial charge in [-0.3, -0.25) is 0 Å². The number of hydrogen-bond acceptors (Lipinski definition) is 6. The molecule has 0 atom stereocenters. The van der Waals surface area contributed by atoms with Crippen molar-refractivity contribution in [3.8, 4) is 5.19 Å². The van der Waals surface area contributed by atoms with Gasteiger partial charge >= 0.3 is 0 Å². The molecule has 0 unspecified atom stereocenters. The molecule has 1 aliphatic rings. The quantitative estimate of drug-likeness (QED) is 0.708. The number of anilines is 1. The zero-order valence-electron chi connectivity index (χ0n) is 12.6. The van der Waals surface area contributed by atoms with Gasteiger partial charge in [-0.25, -0.2) is 9.37 Å². The van der Waals surface area contributed by atoms with E-state index in [1.165, 1.54) is 23.5 Å². The molecule has 0 radical (unpaired) electrons. The molecule has 0 saturated carbocycles. The number of hydrogen-bond donors (Lipinski definition) is 0. The van der Waals surface area contributed by atoms with Crippen molar-refractivity contribution in [1.82, 2.24) is 14.6 Å². The molecule has 1 fully saturated rings. The number of ether oxygens (including phenoxy) is 2. The summed E-state index contributed by atoms with van der Waals surface area (Å²) in [6, 6.07) is 4.60. The van der Waals surface area contributed by atoms with Crippen molar-refractivity contribution in [1.29, 1.82) is 0 Å². The van der Waals surface area contributed by atoms with Gasteiger partial charge in [-0.15, -0.1) is 5.10 Å². The van der Waals surface area contributed by atoms with Crippen LogP contribution in [0.15, 0.2) is 24.4 Å². The monoisotopic (exact) mass is 368 g/mol. The summed E-state index contributed by atoms with van der Waals surface area (Å²) >= 11 is 7.03. The summed E-state index contributed by atoms with van der Waals surface area (Å²) in [5.41, 5.74) is 0.693. The Morgan fingerprint density at radius 1 is 1.33 bits per heavy atom. The van der Waals surface area contributed by atoms with Crippen LogP contribution in [0.5, 0.6) is 5.19 Å². The third-order valence-corrected chi connectivity index (χ3v) is 4.87. The van der Waals surface area contributed by atoms with Gasteiger partial charge in [-0.2, -0.15) is 4.52 Å². The van der Waals surface area contributed by atoms with Crippen LogP contribution in [0.1, 0.15) is 5.56 Å². The molecule has 0 aliphatic carbocycles. The van der Waals surface area contributed by atoms with Crippen molar-refractivity contribution in [3.63, 3.8) is 0 Å². The topological polar surface area (TPSA) is 51.9 Å². The lowest BCUT2D eigenvalue weighted by Gasteiger charge is -2.27. The molecule has 2 aromatic heterocycles. The number of fused-ring (bicyclic) bond motifs is 1. The van der Waals surface area contributed by atoms with E-state index in [0.717, 1.165) is 23.9 Å². The van der Waals surface area contributed by atoms with E-state index in [1.807, 2.05) is 6.20 Å². The number of imidazole rings is 1. The molecule has 1 saturated heterocycles. The highest BCUT2D eigenvalue weighted by atomic mass is 35.5. The smallest absolute Gasteiger partial charge is 0.294 e. The summed E-state index contributed by atoms with van der Waals surface area (Å²) in [5, 5.41) is 5.04. The second-order valence-electron chi connectivity index (χ2n) is 5.32. The number of rotatable bonds is 4. The fourth-order valence-electron chi connectivity index (χ4n) is 2.50. The Morgan fingerprint density at radius 2 is 2.17 bits per heavy atom. The molecule has 0 N–H and O–H groups in total. The van der Waals surface area contributed by atoms with Gasteiger partial charge in [0.05, 0.1) is 24.4 Å². The minimum Gasteiger partial charge on any atom is -0.464 e. The van der Waals surface area contributed by atoms with E-state index >= 15 is 0 Å². The largest absolute Gasteiger partial charge is 0.464 e. The second kappa shape index (κ2) is 6.54. The Kier molecular flexibility index (Phi) is 4.26. The average Bonchev–Trinajstić information content (AvgIpc) is 3.17. The van der Waals surface area contributed by atoms with Crippen LogP contribution in [0.4, 0.5) is 10.2 Å². The van der Waals surface area contributed by atoms with Crippen LogP contribution in [-0.4, -0.2) is 40.9 Å². The SMILES string of the molecule is Fc1cc(COc2nn3c(N4CCOCC4)cnc3s2)ccc1Cl. The molecule has 24 heavy (non-hydrogen) atoms. The summed E-state index contributed by atoms with van der Waals surface area (Å²) < 4.78 is 26.3. The minimum absolute atomic E-state index is 0.0987. The lowest BCUT2D eigenvalue weighted by molar-refractivity contribution is 0.122. The maximum Gasteiger partial charge on any atom is 0.294 e. The van der Waals surface area contributed by atoms with E-state index < -0.39 is 5.82 Å². The molecule has 1 aromatic carbocycles. The summed E-state index contributed by atoms with van der Waals surface area (Å²) in [6.45, 7) is 3.24. The number of aromatic nitrogens is 3. The zero-order chi connectivity index (χ0) is 16.5. The van der Waals surface area contributed by atoms with Gasteiger partial charge < -0.3 is 14.4 Å². The molecule has 0 amide bonds. The van der Waals surface area contributed by atoms with E-state index in [-0.39, 0.29) is 11.6 Å². The number of halogens is 2. The maximum atomic E-state index is 13.5. The molecule has 0 bridgehead atoms. The van der Waals surface area contributed by atoms with Gasteiger partial charge in [0, 0.05) is 13.1 Å². The highest BCUT2D eigenvalue weighted by Gasteiger charge is 2.18. The van der Waals surface area contributed by atoms with Crippen molar-refractivity contribution in [2.75, 3.05) is 31.2 Å². The molecule has 3 aromatic rings. The van der Waals surface area contributed by atoms with Crippen LogP contribution in [0.2, 0.25) is 5.02 Å². The van der Waals surface area contributed by atoms with Crippen molar-refractivity contribution >= 4 is 33.7 Å². The summed E-state index contributed by atoms with van der Waals surface area (Å²) in [7, 11) is 0. The van der Waals surface area contributed by atoms with Crippen LogP contribution in [0.25, 0.3) is 4.96 Å². The third kappa shape index (κ3) is 3.04. The molecule has 9 heteroatoms. The summed E-state index contributed by atoms with van der Waals surface area (Å²) in [4.78, 5) is 7.31. The van der Waals surface area contributed by atoms with Crippen molar-refractivity contribution in [2.24, 2.45) is 0 Å². The summed E-state index contributed by atoms with van der Waals surface area (Å²) in [6.07, 6.45) is 1.81.